The van der Waals surface area contributed by atoms with E-state index in [2.05, 4.69) is 15.3 Å². The Balaban J connectivity index is 1.41. The fourth-order valence-corrected chi connectivity index (χ4v) is 6.56. The Morgan fingerprint density at radius 2 is 1.80 bits per heavy atom. The number of para-hydroxylation sites is 2. The second kappa shape index (κ2) is 11.7. The molecule has 0 bridgehead atoms. The van der Waals surface area contributed by atoms with Crippen LogP contribution in [0, 0.1) is 0 Å². The Bertz CT molecular complexity index is 1680. The van der Waals surface area contributed by atoms with E-state index in [1.54, 1.807) is 29.2 Å². The van der Waals surface area contributed by atoms with Crippen molar-refractivity contribution in [2.24, 2.45) is 4.99 Å². The Hall–Kier alpha value is -3.93. The van der Waals surface area contributed by atoms with Crippen LogP contribution in [0.5, 0.6) is 0 Å². The van der Waals surface area contributed by atoms with E-state index in [0.29, 0.717) is 29.5 Å². The number of rotatable bonds is 9. The first kappa shape index (κ1) is 27.6. The van der Waals surface area contributed by atoms with Gasteiger partial charge in [-0.3, -0.25) is 14.5 Å². The van der Waals surface area contributed by atoms with Crippen molar-refractivity contribution in [2.75, 3.05) is 26.0 Å². The molecule has 206 valence electrons. The predicted octanol–water partition coefficient (Wildman–Crippen LogP) is 4.62. The maximum Gasteiger partial charge on any atom is 0.242 e. The number of carbonyl (C=O) groups is 2. The molecule has 9 nitrogen and oxygen atoms in total. The minimum absolute atomic E-state index is 0.0178. The number of aliphatic imine (C=N–C) groups is 1. The molecular weight excluding hydrogens is 546 g/mol. The van der Waals surface area contributed by atoms with Gasteiger partial charge >= 0.3 is 0 Å². The molecule has 1 saturated heterocycles. The van der Waals surface area contributed by atoms with E-state index in [0.717, 1.165) is 20.8 Å². The molecule has 1 aliphatic rings. The largest absolute Gasteiger partial charge is 0.361 e. The van der Waals surface area contributed by atoms with Gasteiger partial charge in [0.1, 0.15) is 5.25 Å². The van der Waals surface area contributed by atoms with Gasteiger partial charge in [0.2, 0.25) is 21.8 Å². The van der Waals surface area contributed by atoms with Gasteiger partial charge in [-0.15, -0.1) is 0 Å². The lowest BCUT2D eigenvalue weighted by Crippen LogP contribution is -2.35. The number of nitrogens with one attached hydrogen (secondary N) is 2. The topological polar surface area (TPSA) is 115 Å². The maximum atomic E-state index is 13.6. The highest BCUT2D eigenvalue weighted by molar-refractivity contribution is 8.15. The summed E-state index contributed by atoms with van der Waals surface area (Å²) in [5, 5.41) is 3.70. The second-order valence-corrected chi connectivity index (χ2v) is 12.8. The van der Waals surface area contributed by atoms with Crippen LogP contribution in [0.4, 0.5) is 11.4 Å². The summed E-state index contributed by atoms with van der Waals surface area (Å²) >= 11 is 1.22. The molecule has 1 aromatic heterocycles. The molecule has 0 aliphatic carbocycles. The number of benzene rings is 3. The van der Waals surface area contributed by atoms with E-state index in [9.17, 15) is 18.0 Å². The number of H-pyrrole nitrogens is 1. The number of amides is 2. The lowest BCUT2D eigenvalue weighted by Gasteiger charge is -2.16. The predicted molar refractivity (Wildman–Crippen MR) is 159 cm³/mol. The molecule has 2 amide bonds. The Morgan fingerprint density at radius 1 is 1.05 bits per heavy atom. The standard InChI is InChI=1S/C29H29N5O4S2/c1-33(2)40(37,38)23-12-8-11-22(17-23)32-29-34(16-15-20-19-30-25-14-7-6-13-24(20)25)28(36)26(39-29)18-27(35)31-21-9-4-3-5-10-21/h3-14,17,19,26,30H,15-16,18H2,1-2H3,(H,31,35). The van der Waals surface area contributed by atoms with Crippen molar-refractivity contribution in [3.63, 3.8) is 0 Å². The van der Waals surface area contributed by atoms with Gasteiger partial charge in [-0.1, -0.05) is 54.2 Å². The van der Waals surface area contributed by atoms with Crippen molar-refractivity contribution < 1.29 is 18.0 Å². The van der Waals surface area contributed by atoms with E-state index in [1.165, 1.54) is 38.0 Å². The molecule has 0 saturated carbocycles. The van der Waals surface area contributed by atoms with Crippen LogP contribution in [0.2, 0.25) is 0 Å². The summed E-state index contributed by atoms with van der Waals surface area (Å²) in [6, 6.07) is 23.4. The molecule has 1 aliphatic heterocycles. The molecule has 1 unspecified atom stereocenters. The third-order valence-electron chi connectivity index (χ3n) is 6.55. The van der Waals surface area contributed by atoms with E-state index in [4.69, 9.17) is 0 Å². The van der Waals surface area contributed by atoms with Crippen LogP contribution in [0.25, 0.3) is 10.9 Å². The number of hydrogen-bond acceptors (Lipinski definition) is 6. The van der Waals surface area contributed by atoms with Crippen molar-refractivity contribution in [1.82, 2.24) is 14.2 Å². The third kappa shape index (κ3) is 5.96. The number of hydrogen-bond donors (Lipinski definition) is 2. The van der Waals surface area contributed by atoms with Crippen LogP contribution >= 0.6 is 11.8 Å². The fraction of sp³-hybridized carbons (Fsp3) is 0.207. The molecule has 0 radical (unpaired) electrons. The normalized spacial score (nSPS) is 16.8. The highest BCUT2D eigenvalue weighted by Crippen LogP contribution is 2.33. The van der Waals surface area contributed by atoms with Gasteiger partial charge in [0.25, 0.3) is 0 Å². The summed E-state index contributed by atoms with van der Waals surface area (Å²) in [5.74, 6) is -0.474. The Kier molecular flexibility index (Phi) is 8.06. The highest BCUT2D eigenvalue weighted by atomic mass is 32.2. The number of nitrogens with zero attached hydrogens (tertiary/aromatic N) is 3. The van der Waals surface area contributed by atoms with Crippen LogP contribution in [0.15, 0.2) is 94.9 Å². The molecule has 2 heterocycles. The molecule has 1 atom stereocenters. The first-order valence-electron chi connectivity index (χ1n) is 12.7. The highest BCUT2D eigenvalue weighted by Gasteiger charge is 2.39. The van der Waals surface area contributed by atoms with Crippen LogP contribution in [0.3, 0.4) is 0 Å². The number of aromatic nitrogens is 1. The molecule has 4 aromatic rings. The zero-order valence-electron chi connectivity index (χ0n) is 22.1. The smallest absolute Gasteiger partial charge is 0.242 e. The fourth-order valence-electron chi connectivity index (χ4n) is 4.44. The Labute approximate surface area is 237 Å². The molecule has 11 heteroatoms. The van der Waals surface area contributed by atoms with Crippen LogP contribution in [-0.2, 0) is 26.0 Å². The van der Waals surface area contributed by atoms with Crippen molar-refractivity contribution in [3.05, 3.63) is 90.6 Å². The molecular formula is C29H29N5O4S2. The molecule has 40 heavy (non-hydrogen) atoms. The van der Waals surface area contributed by atoms with E-state index >= 15 is 0 Å². The van der Waals surface area contributed by atoms with Gasteiger partial charge in [-0.25, -0.2) is 17.7 Å². The molecule has 3 aromatic carbocycles. The first-order chi connectivity index (χ1) is 19.2. The van der Waals surface area contributed by atoms with Gasteiger partial charge in [0, 0.05) is 49.8 Å². The zero-order chi connectivity index (χ0) is 28.3. The van der Waals surface area contributed by atoms with E-state index in [-0.39, 0.29) is 23.1 Å². The van der Waals surface area contributed by atoms with E-state index in [1.807, 2.05) is 48.7 Å². The van der Waals surface area contributed by atoms with Gasteiger partial charge in [-0.05, 0) is 48.4 Å². The molecule has 0 spiro atoms. The average molecular weight is 576 g/mol. The van der Waals surface area contributed by atoms with Crippen molar-refractivity contribution in [3.8, 4) is 0 Å². The lowest BCUT2D eigenvalue weighted by molar-refractivity contribution is -0.128. The van der Waals surface area contributed by atoms with Gasteiger partial charge < -0.3 is 10.3 Å². The summed E-state index contributed by atoms with van der Waals surface area (Å²) in [6.45, 7) is 0.360. The number of aromatic amines is 1. The lowest BCUT2D eigenvalue weighted by atomic mass is 10.1. The van der Waals surface area contributed by atoms with Crippen LogP contribution in [-0.4, -0.2) is 65.5 Å². The summed E-state index contributed by atoms with van der Waals surface area (Å²) in [7, 11) is -0.716. The minimum Gasteiger partial charge on any atom is -0.361 e. The van der Waals surface area contributed by atoms with Gasteiger partial charge in [0.15, 0.2) is 5.17 Å². The third-order valence-corrected chi connectivity index (χ3v) is 9.54. The molecule has 1 fully saturated rings. The molecule has 5 rings (SSSR count). The van der Waals surface area contributed by atoms with Crippen molar-refractivity contribution >= 4 is 61.0 Å². The molecule has 2 N–H and O–H groups in total. The SMILES string of the molecule is CN(C)S(=O)(=O)c1cccc(N=C2SC(CC(=O)Nc3ccccc3)C(=O)N2CCc2c[nH]c3ccccc23)c1. The number of carbonyl (C=O) groups excluding carboxylic acids is 2. The number of anilines is 1. The quantitative estimate of drug-likeness (QED) is 0.302. The average Bonchev–Trinajstić information content (AvgIpc) is 3.48. The minimum atomic E-state index is -3.65. The van der Waals surface area contributed by atoms with E-state index < -0.39 is 15.3 Å². The van der Waals surface area contributed by atoms with Gasteiger partial charge in [-0.2, -0.15) is 0 Å². The Morgan fingerprint density at radius 3 is 2.58 bits per heavy atom. The number of amidine groups is 1. The number of thioether (sulfide) groups is 1. The van der Waals surface area contributed by atoms with Crippen LogP contribution in [0.1, 0.15) is 12.0 Å². The number of fused-ring (bicyclic) bond motifs is 1. The maximum absolute atomic E-state index is 13.6. The summed E-state index contributed by atoms with van der Waals surface area (Å²) in [5.41, 5.74) is 3.15. The monoisotopic (exact) mass is 575 g/mol. The van der Waals surface area contributed by atoms with Crippen molar-refractivity contribution in [2.45, 2.75) is 23.0 Å². The van der Waals surface area contributed by atoms with Crippen LogP contribution < -0.4 is 5.32 Å². The zero-order valence-corrected chi connectivity index (χ0v) is 23.7. The summed E-state index contributed by atoms with van der Waals surface area (Å²) in [4.78, 5) is 36.0. The first-order valence-corrected chi connectivity index (χ1v) is 15.0. The second-order valence-electron chi connectivity index (χ2n) is 9.50. The summed E-state index contributed by atoms with van der Waals surface area (Å²) in [6.07, 6.45) is 2.50. The number of sulfonamides is 1. The summed E-state index contributed by atoms with van der Waals surface area (Å²) < 4.78 is 26.5. The van der Waals surface area contributed by atoms with Gasteiger partial charge in [0.05, 0.1) is 10.6 Å². The van der Waals surface area contributed by atoms with Crippen molar-refractivity contribution in [1.29, 1.82) is 0 Å².